The lowest BCUT2D eigenvalue weighted by Gasteiger charge is -2.31. The average Bonchev–Trinajstić information content (AvgIpc) is 2.67. The molecule has 0 saturated heterocycles. The molecule has 0 saturated carbocycles. The molecule has 0 spiro atoms. The summed E-state index contributed by atoms with van der Waals surface area (Å²) in [7, 11) is 0. The van der Waals surface area contributed by atoms with Crippen molar-refractivity contribution in [3.8, 4) is 0 Å². The van der Waals surface area contributed by atoms with Crippen LogP contribution in [0.1, 0.15) is 0 Å². The SMILES string of the molecule is C=NCC(=O)OCC(COC(=O)CN)(COC(=O)CN=C)COC(=O)CN=C. The van der Waals surface area contributed by atoms with Gasteiger partial charge in [-0.2, -0.15) is 0 Å². The van der Waals surface area contributed by atoms with Gasteiger partial charge in [0.25, 0.3) is 0 Å². The molecule has 0 radical (unpaired) electrons. The summed E-state index contributed by atoms with van der Waals surface area (Å²) in [5, 5.41) is 0. The first-order valence-corrected chi connectivity index (χ1v) is 7.92. The third kappa shape index (κ3) is 10.8. The van der Waals surface area contributed by atoms with Crippen LogP contribution in [-0.4, -0.2) is 96.6 Å². The summed E-state index contributed by atoms with van der Waals surface area (Å²) < 4.78 is 20.1. The standard InChI is InChI=1S/C16H24N4O8/c1-18-5-13(22)26-9-16(8-25-12(21)4-17,10-27-14(23)6-19-2)11-28-15(24)7-20-3/h1-11,17H2. The molecule has 0 unspecified atom stereocenters. The zero-order valence-corrected chi connectivity index (χ0v) is 15.5. The van der Waals surface area contributed by atoms with E-state index in [1.165, 1.54) is 0 Å². The van der Waals surface area contributed by atoms with Crippen molar-refractivity contribution < 1.29 is 38.1 Å². The first-order chi connectivity index (χ1) is 13.3. The molecule has 0 rings (SSSR count). The van der Waals surface area contributed by atoms with E-state index in [-0.39, 0.29) is 19.6 Å². The number of hydrogen-bond acceptors (Lipinski definition) is 12. The summed E-state index contributed by atoms with van der Waals surface area (Å²) >= 11 is 0. The van der Waals surface area contributed by atoms with Crippen molar-refractivity contribution in [2.45, 2.75) is 0 Å². The van der Waals surface area contributed by atoms with Gasteiger partial charge >= 0.3 is 23.9 Å². The third-order valence-corrected chi connectivity index (χ3v) is 3.05. The first kappa shape index (κ1) is 24.8. The molecule has 2 N–H and O–H groups in total. The molecule has 0 aromatic heterocycles. The third-order valence-electron chi connectivity index (χ3n) is 3.05. The Morgan fingerprint density at radius 2 is 0.929 bits per heavy atom. The number of esters is 4. The van der Waals surface area contributed by atoms with Gasteiger partial charge < -0.3 is 24.7 Å². The Morgan fingerprint density at radius 1 is 0.643 bits per heavy atom. The molecular weight excluding hydrogens is 376 g/mol. The van der Waals surface area contributed by atoms with Crippen molar-refractivity contribution in [1.82, 2.24) is 0 Å². The molecule has 28 heavy (non-hydrogen) atoms. The van der Waals surface area contributed by atoms with E-state index in [0.29, 0.717) is 0 Å². The molecule has 0 aliphatic rings. The monoisotopic (exact) mass is 400 g/mol. The van der Waals surface area contributed by atoms with E-state index in [4.69, 9.17) is 24.7 Å². The van der Waals surface area contributed by atoms with Gasteiger partial charge in [-0.15, -0.1) is 0 Å². The zero-order chi connectivity index (χ0) is 21.4. The van der Waals surface area contributed by atoms with Crippen LogP contribution in [0.2, 0.25) is 0 Å². The number of carbonyl (C=O) groups is 4. The number of nitrogens with two attached hydrogens (primary N) is 1. The highest BCUT2D eigenvalue weighted by Crippen LogP contribution is 2.21. The van der Waals surface area contributed by atoms with E-state index in [1.807, 2.05) is 0 Å². The van der Waals surface area contributed by atoms with Crippen molar-refractivity contribution in [2.75, 3.05) is 52.6 Å². The van der Waals surface area contributed by atoms with Crippen LogP contribution in [-0.2, 0) is 38.1 Å². The van der Waals surface area contributed by atoms with Gasteiger partial charge in [-0.3, -0.25) is 34.2 Å². The summed E-state index contributed by atoms with van der Waals surface area (Å²) in [6.45, 7) is 6.49. The maximum Gasteiger partial charge on any atom is 0.327 e. The number of nitrogens with zero attached hydrogens (tertiary/aromatic N) is 3. The van der Waals surface area contributed by atoms with E-state index >= 15 is 0 Å². The molecule has 12 heteroatoms. The van der Waals surface area contributed by atoms with Crippen LogP contribution in [0, 0.1) is 5.41 Å². The zero-order valence-electron chi connectivity index (χ0n) is 15.5. The van der Waals surface area contributed by atoms with Crippen molar-refractivity contribution >= 4 is 44.0 Å². The van der Waals surface area contributed by atoms with E-state index in [9.17, 15) is 19.2 Å². The van der Waals surface area contributed by atoms with Gasteiger partial charge in [0.2, 0.25) is 0 Å². The number of ether oxygens (including phenoxy) is 4. The van der Waals surface area contributed by atoms with E-state index in [2.05, 4.69) is 35.1 Å². The lowest BCUT2D eigenvalue weighted by Crippen LogP contribution is -2.44. The van der Waals surface area contributed by atoms with Crippen LogP contribution >= 0.6 is 0 Å². The van der Waals surface area contributed by atoms with E-state index < -0.39 is 62.3 Å². The van der Waals surface area contributed by atoms with Crippen molar-refractivity contribution in [3.63, 3.8) is 0 Å². The van der Waals surface area contributed by atoms with E-state index in [1.54, 1.807) is 0 Å². The smallest absolute Gasteiger partial charge is 0.327 e. The van der Waals surface area contributed by atoms with Gasteiger partial charge in [0.15, 0.2) is 0 Å². The van der Waals surface area contributed by atoms with Crippen molar-refractivity contribution in [2.24, 2.45) is 26.1 Å². The molecule has 0 aromatic carbocycles. The minimum Gasteiger partial charge on any atom is -0.464 e. The van der Waals surface area contributed by atoms with Gasteiger partial charge in [-0.05, 0) is 20.2 Å². The predicted octanol–water partition coefficient (Wildman–Crippen LogP) is -1.79. The second-order valence-corrected chi connectivity index (χ2v) is 5.49. The summed E-state index contributed by atoms with van der Waals surface area (Å²) in [5.41, 5.74) is 3.80. The Morgan fingerprint density at radius 3 is 1.18 bits per heavy atom. The van der Waals surface area contributed by atoms with E-state index in [0.717, 1.165) is 0 Å². The van der Waals surface area contributed by atoms with Crippen LogP contribution in [0.4, 0.5) is 0 Å². The fraction of sp³-hybridized carbons (Fsp3) is 0.562. The van der Waals surface area contributed by atoms with Crippen molar-refractivity contribution in [1.29, 1.82) is 0 Å². The van der Waals surface area contributed by atoms with Crippen LogP contribution in [0.25, 0.3) is 0 Å². The number of carbonyl (C=O) groups excluding carboxylic acids is 4. The van der Waals surface area contributed by atoms with Gasteiger partial charge in [0.05, 0.1) is 6.54 Å². The highest BCUT2D eigenvalue weighted by molar-refractivity contribution is 5.74. The predicted molar refractivity (Wildman–Crippen MR) is 98.6 cm³/mol. The van der Waals surface area contributed by atoms with Gasteiger partial charge in [0, 0.05) is 0 Å². The second-order valence-electron chi connectivity index (χ2n) is 5.49. The largest absolute Gasteiger partial charge is 0.464 e. The number of aliphatic imine (C=N–C) groups is 3. The molecule has 0 fully saturated rings. The summed E-state index contributed by atoms with van der Waals surface area (Å²) in [6, 6.07) is 0. The Balaban J connectivity index is 5.39. The van der Waals surface area contributed by atoms with Crippen molar-refractivity contribution in [3.05, 3.63) is 0 Å². The lowest BCUT2D eigenvalue weighted by molar-refractivity contribution is -0.168. The first-order valence-electron chi connectivity index (χ1n) is 7.92. The summed E-state index contributed by atoms with van der Waals surface area (Å²) in [4.78, 5) is 56.5. The molecule has 0 heterocycles. The fourth-order valence-electron chi connectivity index (χ4n) is 1.65. The number of hydrogen-bond donors (Lipinski definition) is 1. The normalized spacial score (nSPS) is 10.3. The van der Waals surface area contributed by atoms with Crippen LogP contribution in [0.5, 0.6) is 0 Å². The van der Waals surface area contributed by atoms with Crippen LogP contribution < -0.4 is 5.73 Å². The molecule has 0 amide bonds. The fourth-order valence-corrected chi connectivity index (χ4v) is 1.65. The maximum atomic E-state index is 11.6. The Labute approximate surface area is 161 Å². The van der Waals surface area contributed by atoms with Gasteiger partial charge in [-0.1, -0.05) is 0 Å². The molecule has 156 valence electrons. The molecule has 0 bridgehead atoms. The Kier molecular flexibility index (Phi) is 12.4. The summed E-state index contributed by atoms with van der Waals surface area (Å²) in [5.74, 6) is -2.96. The minimum absolute atomic E-state index is 0.320. The number of rotatable bonds is 15. The van der Waals surface area contributed by atoms with Gasteiger partial charge in [0.1, 0.15) is 51.5 Å². The van der Waals surface area contributed by atoms with Crippen LogP contribution in [0.3, 0.4) is 0 Å². The molecule has 12 nitrogen and oxygen atoms in total. The highest BCUT2D eigenvalue weighted by Gasteiger charge is 2.37. The van der Waals surface area contributed by atoms with Gasteiger partial charge in [-0.25, -0.2) is 0 Å². The van der Waals surface area contributed by atoms with Crippen LogP contribution in [0.15, 0.2) is 15.0 Å². The quantitative estimate of drug-likeness (QED) is 0.189. The summed E-state index contributed by atoms with van der Waals surface area (Å²) in [6.07, 6.45) is 0. The molecule has 0 atom stereocenters. The Bertz CT molecular complexity index is 529. The second kappa shape index (κ2) is 14.0. The minimum atomic E-state index is -1.39. The molecule has 0 aliphatic heterocycles. The average molecular weight is 400 g/mol. The highest BCUT2D eigenvalue weighted by atomic mass is 16.6. The molecule has 0 aliphatic carbocycles. The molecular formula is C16H24N4O8. The maximum absolute atomic E-state index is 11.6. The topological polar surface area (TPSA) is 168 Å². The molecule has 0 aromatic rings. The lowest BCUT2D eigenvalue weighted by atomic mass is 9.92. The Hall–Kier alpha value is -3.15.